The number of allylic oxidation sites excluding steroid dienone is 1. The molecule has 0 saturated carbocycles. The number of Topliss-reactive ketones (excluding diaryl/α,β-unsaturated/α-hetero) is 1. The molecule has 3 rings (SSSR count). The van der Waals surface area contributed by atoms with Gasteiger partial charge in [0, 0.05) is 20.5 Å². The summed E-state index contributed by atoms with van der Waals surface area (Å²) in [4.78, 5) is 66.0. The molecule has 0 radical (unpaired) electrons. The van der Waals surface area contributed by atoms with E-state index < -0.39 is 132 Å². The molecule has 0 amide bonds. The molecule has 0 bridgehead atoms. The van der Waals surface area contributed by atoms with Gasteiger partial charge < -0.3 is 58.7 Å². The summed E-state index contributed by atoms with van der Waals surface area (Å²) >= 11 is 4.60. The molecule has 53 heavy (non-hydrogen) atoms. The standard InChI is InChI=1S/C33H44N2O17S/c1-8-17(35-12-53)31(43)52-25-19(11-47-16(6)36)50-28(32(44)10-18(37)23(34)22(27(32)39)29(40)41)24(38)26(25)51-21-9-20(46-7)33(45,14(4)48-21)15(5)49-30(42)13(2)3/h8,13-15,19-21,24-26,28,34,38-39,44-45H,9-11H2,1-7H3,(H,40,41)/b17-8+,34-23?/t14-,15-,19-,20-,21+,24+,25+,26-,28-,32-,33+/m0/s1. The molecule has 3 aliphatic rings. The number of aliphatic imine (C=N–C) groups is 1. The Morgan fingerprint density at radius 1 is 1.17 bits per heavy atom. The van der Waals surface area contributed by atoms with Crippen LogP contribution in [0.4, 0.5) is 0 Å². The lowest BCUT2D eigenvalue weighted by Gasteiger charge is -2.52. The largest absolute Gasteiger partial charge is 0.508 e. The number of carbonyl (C=O) groups excluding carboxylic acids is 4. The first kappa shape index (κ1) is 43.4. The molecule has 20 heteroatoms. The van der Waals surface area contributed by atoms with Crippen LogP contribution in [0.15, 0.2) is 28.1 Å². The van der Waals surface area contributed by atoms with Gasteiger partial charge in [0.05, 0.1) is 29.7 Å². The number of rotatable bonds is 13. The number of carboxylic acid groups (broad SMARTS) is 1. The molecule has 19 nitrogen and oxygen atoms in total. The Morgan fingerprint density at radius 2 is 1.81 bits per heavy atom. The highest BCUT2D eigenvalue weighted by atomic mass is 32.1. The topological polar surface area (TPSA) is 287 Å². The molecule has 2 aliphatic heterocycles. The minimum absolute atomic E-state index is 0.325. The quantitative estimate of drug-likeness (QED) is 0.0475. The van der Waals surface area contributed by atoms with Crippen molar-refractivity contribution in [2.24, 2.45) is 10.9 Å². The van der Waals surface area contributed by atoms with E-state index in [1.807, 2.05) is 5.16 Å². The van der Waals surface area contributed by atoms with Crippen molar-refractivity contribution in [1.82, 2.24) is 0 Å². The van der Waals surface area contributed by atoms with Gasteiger partial charge in [-0.2, -0.15) is 4.99 Å². The maximum Gasteiger partial charge on any atom is 0.357 e. The predicted octanol–water partition coefficient (Wildman–Crippen LogP) is 0.0705. The minimum Gasteiger partial charge on any atom is -0.508 e. The molecule has 0 aromatic heterocycles. The number of aliphatic hydroxyl groups is 4. The lowest BCUT2D eigenvalue weighted by molar-refractivity contribution is -0.345. The summed E-state index contributed by atoms with van der Waals surface area (Å²) in [5, 5.41) is 66.0. The Labute approximate surface area is 309 Å². The van der Waals surface area contributed by atoms with Crippen molar-refractivity contribution < 1.29 is 82.7 Å². The van der Waals surface area contributed by atoms with E-state index in [0.29, 0.717) is 0 Å². The van der Waals surface area contributed by atoms with E-state index in [4.69, 9.17) is 38.6 Å². The SMILES string of the molecule is C/C=C(/N=C=S)C(=O)O[C@H]1[C@@H](O[C@@H]2C[C@H](OC)[C@](O)([C@H](C)OC(=O)C(C)C)[C@H](C)O2)[C@@H](O)[C@@H]([C@]2(O)CC(=O)C(=N)C(C(=O)O)=C2O)O[C@H]1COC(C)=O. The van der Waals surface area contributed by atoms with Gasteiger partial charge in [-0.25, -0.2) is 9.59 Å². The summed E-state index contributed by atoms with van der Waals surface area (Å²) in [5.41, 5.74) is -7.74. The fourth-order valence-corrected chi connectivity index (χ4v) is 6.41. The normalized spacial score (nSPS) is 34.2. The third-order valence-corrected chi connectivity index (χ3v) is 9.32. The molecule has 6 N–H and O–H groups in total. The average Bonchev–Trinajstić information content (AvgIpc) is 3.08. The van der Waals surface area contributed by atoms with E-state index in [1.54, 1.807) is 13.8 Å². The molecule has 2 heterocycles. The second-order valence-electron chi connectivity index (χ2n) is 13.0. The number of nitrogens with one attached hydrogen (secondary N) is 1. The second-order valence-corrected chi connectivity index (χ2v) is 13.1. The van der Waals surface area contributed by atoms with Crippen LogP contribution < -0.4 is 0 Å². The molecule has 2 fully saturated rings. The van der Waals surface area contributed by atoms with Crippen molar-refractivity contribution >= 4 is 52.8 Å². The molecule has 1 aliphatic carbocycles. The maximum atomic E-state index is 13.3. The van der Waals surface area contributed by atoms with Crippen LogP contribution in [-0.2, 0) is 57.1 Å². The number of aliphatic hydroxyl groups excluding tert-OH is 2. The van der Waals surface area contributed by atoms with E-state index in [2.05, 4.69) is 17.2 Å². The Morgan fingerprint density at radius 3 is 2.34 bits per heavy atom. The van der Waals surface area contributed by atoms with E-state index >= 15 is 0 Å². The number of ketones is 1. The van der Waals surface area contributed by atoms with E-state index in [1.165, 1.54) is 34.0 Å². The van der Waals surface area contributed by atoms with Gasteiger partial charge in [-0.15, -0.1) is 0 Å². The van der Waals surface area contributed by atoms with Crippen LogP contribution in [0.3, 0.4) is 0 Å². The first-order valence-electron chi connectivity index (χ1n) is 16.4. The van der Waals surface area contributed by atoms with Gasteiger partial charge in [-0.1, -0.05) is 19.9 Å². The zero-order valence-corrected chi connectivity index (χ0v) is 30.8. The van der Waals surface area contributed by atoms with Gasteiger partial charge in [-0.05, 0) is 33.0 Å². The molecule has 2 saturated heterocycles. The van der Waals surface area contributed by atoms with Crippen molar-refractivity contribution in [3.05, 3.63) is 23.1 Å². The minimum atomic E-state index is -3.03. The number of hydrogen-bond donors (Lipinski definition) is 6. The molecule has 294 valence electrons. The zero-order chi connectivity index (χ0) is 40.2. The maximum absolute atomic E-state index is 13.3. The fraction of sp³-hybridized carbons (Fsp3) is 0.667. The molecule has 0 unspecified atom stereocenters. The number of nitrogens with zero attached hydrogens (tertiary/aromatic N) is 1. The fourth-order valence-electron chi connectivity index (χ4n) is 6.31. The zero-order valence-electron chi connectivity index (χ0n) is 30.0. The summed E-state index contributed by atoms with van der Waals surface area (Å²) in [6.07, 6.45) is -15.0. The Kier molecular flexibility index (Phi) is 14.3. The van der Waals surface area contributed by atoms with Crippen LogP contribution in [-0.4, -0.2) is 146 Å². The molecule has 0 aromatic carbocycles. The van der Waals surface area contributed by atoms with Gasteiger partial charge in [0.25, 0.3) is 0 Å². The van der Waals surface area contributed by atoms with Crippen molar-refractivity contribution in [2.45, 2.75) is 121 Å². The van der Waals surface area contributed by atoms with Gasteiger partial charge in [-0.3, -0.25) is 19.8 Å². The summed E-state index contributed by atoms with van der Waals surface area (Å²) < 4.78 is 39.9. The number of carboxylic acids is 1. The number of carbonyl (C=O) groups is 5. The van der Waals surface area contributed by atoms with Gasteiger partial charge in [0.1, 0.15) is 54.2 Å². The molecular weight excluding hydrogens is 728 g/mol. The Bertz CT molecular complexity index is 1590. The third-order valence-electron chi connectivity index (χ3n) is 9.23. The third kappa shape index (κ3) is 8.88. The van der Waals surface area contributed by atoms with Crippen LogP contribution in [0.25, 0.3) is 0 Å². The summed E-state index contributed by atoms with van der Waals surface area (Å²) in [7, 11) is 1.26. The van der Waals surface area contributed by atoms with Crippen molar-refractivity contribution in [3.8, 4) is 0 Å². The molecule has 0 spiro atoms. The number of isothiocyanates is 1. The highest BCUT2D eigenvalue weighted by molar-refractivity contribution is 7.78. The lowest BCUT2D eigenvalue weighted by atomic mass is 9.74. The van der Waals surface area contributed by atoms with Crippen molar-refractivity contribution in [2.75, 3.05) is 13.7 Å². The Balaban J connectivity index is 2.15. The average molecular weight is 773 g/mol. The number of methoxy groups -OCH3 is 1. The number of hydrogen-bond acceptors (Lipinski definition) is 19. The van der Waals surface area contributed by atoms with Crippen LogP contribution in [0.1, 0.15) is 54.4 Å². The molecule has 0 aromatic rings. The van der Waals surface area contributed by atoms with Crippen molar-refractivity contribution in [1.29, 1.82) is 5.41 Å². The highest BCUT2D eigenvalue weighted by Gasteiger charge is 2.62. The van der Waals surface area contributed by atoms with Crippen LogP contribution >= 0.6 is 12.2 Å². The number of ether oxygens (including phenoxy) is 7. The van der Waals surface area contributed by atoms with Crippen LogP contribution in [0, 0.1) is 11.3 Å². The first-order valence-corrected chi connectivity index (χ1v) is 16.8. The first-order chi connectivity index (χ1) is 24.7. The summed E-state index contributed by atoms with van der Waals surface area (Å²) in [6.45, 7) is 7.77. The number of esters is 3. The van der Waals surface area contributed by atoms with Gasteiger partial charge in [0.2, 0.25) is 0 Å². The highest BCUT2D eigenvalue weighted by Crippen LogP contribution is 2.42. The van der Waals surface area contributed by atoms with Crippen molar-refractivity contribution in [3.63, 3.8) is 0 Å². The van der Waals surface area contributed by atoms with E-state index in [0.717, 1.165) is 6.92 Å². The lowest BCUT2D eigenvalue weighted by Crippen LogP contribution is -2.70. The summed E-state index contributed by atoms with van der Waals surface area (Å²) in [5.74, 6) is -7.74. The molecular formula is C33H44N2O17S. The second kappa shape index (κ2) is 17.4. The van der Waals surface area contributed by atoms with Crippen LogP contribution in [0.5, 0.6) is 0 Å². The smallest absolute Gasteiger partial charge is 0.357 e. The van der Waals surface area contributed by atoms with Crippen LogP contribution in [0.2, 0.25) is 0 Å². The number of aliphatic carboxylic acids is 1. The van der Waals surface area contributed by atoms with E-state index in [-0.39, 0.29) is 12.1 Å². The van der Waals surface area contributed by atoms with Gasteiger partial charge in [0.15, 0.2) is 35.1 Å². The monoisotopic (exact) mass is 772 g/mol. The summed E-state index contributed by atoms with van der Waals surface area (Å²) in [6, 6.07) is 0. The Hall–Kier alpha value is -3.98. The van der Waals surface area contributed by atoms with E-state index in [9.17, 15) is 49.5 Å². The number of thiocarbonyl (C=S) groups is 1. The predicted molar refractivity (Wildman–Crippen MR) is 180 cm³/mol. The van der Waals surface area contributed by atoms with Gasteiger partial charge >= 0.3 is 23.9 Å². The molecule has 11 atom stereocenters.